The van der Waals surface area contributed by atoms with E-state index in [2.05, 4.69) is 37.3 Å². The van der Waals surface area contributed by atoms with Crippen LogP contribution in [0.4, 0.5) is 0 Å². The molecular weight excluding hydrogens is 196 g/mol. The first-order valence-corrected chi connectivity index (χ1v) is 6.27. The molecule has 0 radical (unpaired) electrons. The lowest BCUT2D eigenvalue weighted by Crippen LogP contribution is -2.59. The Hall–Kier alpha value is -1.11. The molecule has 1 aromatic carbocycles. The second-order valence-corrected chi connectivity index (χ2v) is 6.16. The van der Waals surface area contributed by atoms with Gasteiger partial charge in [-0.05, 0) is 30.2 Å². The smallest absolute Gasteiger partial charge is 0.140 e. The molecule has 4 rings (SSSR count). The molecule has 0 spiro atoms. The first-order chi connectivity index (χ1) is 7.67. The number of carbonyl (C=O) groups excluding carboxylic acids is 1. The van der Waals surface area contributed by atoms with E-state index >= 15 is 0 Å². The fourth-order valence-corrected chi connectivity index (χ4v) is 4.99. The van der Waals surface area contributed by atoms with Crippen LogP contribution < -0.4 is 0 Å². The lowest BCUT2D eigenvalue weighted by Gasteiger charge is -2.60. The van der Waals surface area contributed by atoms with E-state index in [-0.39, 0.29) is 5.41 Å². The number of Topliss-reactive ketones (excluding diaryl/α,β-unsaturated/α-hetero) is 1. The average molecular weight is 212 g/mol. The van der Waals surface area contributed by atoms with Crippen molar-refractivity contribution in [3.05, 3.63) is 35.9 Å². The lowest BCUT2D eigenvalue weighted by atomic mass is 9.42. The summed E-state index contributed by atoms with van der Waals surface area (Å²) in [7, 11) is 0. The molecule has 3 aliphatic carbocycles. The maximum Gasteiger partial charge on any atom is 0.140 e. The Balaban J connectivity index is 1.92. The molecule has 2 bridgehead atoms. The van der Waals surface area contributed by atoms with Crippen LogP contribution >= 0.6 is 0 Å². The molecule has 0 aliphatic heterocycles. The summed E-state index contributed by atoms with van der Waals surface area (Å²) in [5.74, 6) is 1.29. The zero-order chi connectivity index (χ0) is 11.0. The summed E-state index contributed by atoms with van der Waals surface area (Å²) in [4.78, 5) is 12.1. The summed E-state index contributed by atoms with van der Waals surface area (Å²) in [5.41, 5.74) is 2.05. The highest BCUT2D eigenvalue weighted by atomic mass is 16.1. The fourth-order valence-electron chi connectivity index (χ4n) is 4.99. The summed E-state index contributed by atoms with van der Waals surface area (Å²) < 4.78 is 0. The maximum atomic E-state index is 12.1. The second-order valence-electron chi connectivity index (χ2n) is 6.16. The molecule has 3 aliphatic rings. The molecular formula is C15H16O. The van der Waals surface area contributed by atoms with E-state index in [1.165, 1.54) is 5.56 Å². The number of carbonyl (C=O) groups is 1. The van der Waals surface area contributed by atoms with Crippen molar-refractivity contribution < 1.29 is 4.79 Å². The summed E-state index contributed by atoms with van der Waals surface area (Å²) in [5, 5.41) is 0. The number of hydrogen-bond donors (Lipinski definition) is 0. The van der Waals surface area contributed by atoms with Gasteiger partial charge < -0.3 is 0 Å². The van der Waals surface area contributed by atoms with Gasteiger partial charge in [0.2, 0.25) is 0 Å². The first kappa shape index (κ1) is 8.98. The Labute approximate surface area is 95.9 Å². The minimum absolute atomic E-state index is 0.218. The topological polar surface area (TPSA) is 17.1 Å². The third-order valence-corrected chi connectivity index (χ3v) is 5.63. The monoisotopic (exact) mass is 212 g/mol. The third-order valence-electron chi connectivity index (χ3n) is 5.63. The van der Waals surface area contributed by atoms with E-state index < -0.39 is 0 Å². The Bertz CT molecular complexity index is 477. The van der Waals surface area contributed by atoms with Crippen molar-refractivity contribution >= 4 is 5.78 Å². The van der Waals surface area contributed by atoms with Gasteiger partial charge in [-0.2, -0.15) is 0 Å². The van der Waals surface area contributed by atoms with Crippen molar-refractivity contribution in [2.75, 3.05) is 0 Å². The van der Waals surface area contributed by atoms with Gasteiger partial charge in [-0.3, -0.25) is 4.79 Å². The van der Waals surface area contributed by atoms with Gasteiger partial charge in [0.1, 0.15) is 5.78 Å². The van der Waals surface area contributed by atoms with E-state index in [4.69, 9.17) is 0 Å². The predicted molar refractivity (Wildman–Crippen MR) is 62.1 cm³/mol. The molecule has 4 unspecified atom stereocenters. The van der Waals surface area contributed by atoms with E-state index in [0.29, 0.717) is 23.0 Å². The van der Waals surface area contributed by atoms with Crippen LogP contribution in [0.1, 0.15) is 31.7 Å². The minimum Gasteiger partial charge on any atom is -0.299 e. The highest BCUT2D eigenvalue weighted by molar-refractivity contribution is 5.92. The molecule has 3 saturated carbocycles. The number of hydrogen-bond acceptors (Lipinski definition) is 1. The SMILES string of the molecule is CC12CC3CC1(c1ccccc1)C(C2)C3=O. The number of fused-ring (bicyclic) bond motifs is 1. The average Bonchev–Trinajstić information content (AvgIpc) is 2.64. The molecule has 1 aromatic rings. The third kappa shape index (κ3) is 0.704. The van der Waals surface area contributed by atoms with Crippen molar-refractivity contribution in [2.45, 2.75) is 31.6 Å². The molecule has 1 nitrogen and oxygen atoms in total. The molecule has 3 fully saturated rings. The van der Waals surface area contributed by atoms with Gasteiger partial charge in [-0.1, -0.05) is 37.3 Å². The van der Waals surface area contributed by atoms with Crippen LogP contribution in [0.25, 0.3) is 0 Å². The van der Waals surface area contributed by atoms with Crippen molar-refractivity contribution in [3.8, 4) is 0 Å². The highest BCUT2D eigenvalue weighted by Gasteiger charge is 2.75. The van der Waals surface area contributed by atoms with E-state index in [0.717, 1.165) is 19.3 Å². The van der Waals surface area contributed by atoms with Crippen molar-refractivity contribution in [1.82, 2.24) is 0 Å². The molecule has 0 amide bonds. The number of benzene rings is 1. The molecule has 0 saturated heterocycles. The molecule has 1 heteroatoms. The van der Waals surface area contributed by atoms with Crippen molar-refractivity contribution in [3.63, 3.8) is 0 Å². The molecule has 0 N–H and O–H groups in total. The Morgan fingerprint density at radius 2 is 1.88 bits per heavy atom. The lowest BCUT2D eigenvalue weighted by molar-refractivity contribution is -0.143. The molecule has 0 heterocycles. The molecule has 0 aromatic heterocycles. The zero-order valence-electron chi connectivity index (χ0n) is 9.57. The standard InChI is InChI=1S/C15H16O/c1-14-7-10-8-15(14,12(9-14)13(10)16)11-5-3-2-4-6-11/h2-6,10,12H,7-9H2,1H3. The van der Waals surface area contributed by atoms with Crippen LogP contribution in [0.3, 0.4) is 0 Å². The van der Waals surface area contributed by atoms with E-state index in [1.54, 1.807) is 0 Å². The van der Waals surface area contributed by atoms with Gasteiger partial charge in [-0.25, -0.2) is 0 Å². The highest BCUT2D eigenvalue weighted by Crippen LogP contribution is 2.76. The zero-order valence-corrected chi connectivity index (χ0v) is 9.57. The Morgan fingerprint density at radius 3 is 2.50 bits per heavy atom. The Kier molecular flexibility index (Phi) is 1.36. The first-order valence-electron chi connectivity index (χ1n) is 6.27. The maximum absolute atomic E-state index is 12.1. The summed E-state index contributed by atoms with van der Waals surface area (Å²) in [6.07, 6.45) is 3.39. The molecule has 82 valence electrons. The second kappa shape index (κ2) is 2.42. The van der Waals surface area contributed by atoms with Gasteiger partial charge in [0.25, 0.3) is 0 Å². The largest absolute Gasteiger partial charge is 0.299 e. The van der Waals surface area contributed by atoms with Crippen LogP contribution in [0, 0.1) is 17.3 Å². The fraction of sp³-hybridized carbons (Fsp3) is 0.533. The summed E-state index contributed by atoms with van der Waals surface area (Å²) in [6, 6.07) is 10.8. The van der Waals surface area contributed by atoms with E-state index in [1.807, 2.05) is 0 Å². The van der Waals surface area contributed by atoms with Gasteiger partial charge in [0.05, 0.1) is 0 Å². The molecule has 4 atom stereocenters. The van der Waals surface area contributed by atoms with Crippen molar-refractivity contribution in [1.29, 1.82) is 0 Å². The van der Waals surface area contributed by atoms with Crippen molar-refractivity contribution in [2.24, 2.45) is 17.3 Å². The van der Waals surface area contributed by atoms with Gasteiger partial charge >= 0.3 is 0 Å². The molecule has 16 heavy (non-hydrogen) atoms. The van der Waals surface area contributed by atoms with E-state index in [9.17, 15) is 4.79 Å². The summed E-state index contributed by atoms with van der Waals surface area (Å²) >= 11 is 0. The quantitative estimate of drug-likeness (QED) is 0.699. The summed E-state index contributed by atoms with van der Waals surface area (Å²) in [6.45, 7) is 2.39. The van der Waals surface area contributed by atoms with Gasteiger partial charge in [0.15, 0.2) is 0 Å². The van der Waals surface area contributed by atoms with Crippen LogP contribution in [-0.2, 0) is 10.2 Å². The number of rotatable bonds is 1. The van der Waals surface area contributed by atoms with Crippen LogP contribution in [0.15, 0.2) is 30.3 Å². The normalized spacial score (nSPS) is 48.2. The Morgan fingerprint density at radius 1 is 1.12 bits per heavy atom. The van der Waals surface area contributed by atoms with Crippen LogP contribution in [0.5, 0.6) is 0 Å². The predicted octanol–water partition coefficient (Wildman–Crippen LogP) is 2.94. The van der Waals surface area contributed by atoms with Gasteiger partial charge in [-0.15, -0.1) is 0 Å². The number of ketones is 1. The van der Waals surface area contributed by atoms with Gasteiger partial charge in [0, 0.05) is 17.3 Å². The van der Waals surface area contributed by atoms with Crippen LogP contribution in [0.2, 0.25) is 0 Å². The minimum atomic E-state index is 0.218. The van der Waals surface area contributed by atoms with Crippen LogP contribution in [-0.4, -0.2) is 5.78 Å².